The third-order valence-electron chi connectivity index (χ3n) is 2.67. The van der Waals surface area contributed by atoms with E-state index in [2.05, 4.69) is 27.9 Å². The normalized spacial score (nSPS) is 10.0. The number of ether oxygens (including phenoxy) is 1. The molecule has 2 aromatic rings. The van der Waals surface area contributed by atoms with Crippen LogP contribution in [-0.4, -0.2) is 13.0 Å². The van der Waals surface area contributed by atoms with Crippen LogP contribution in [0.4, 0.5) is 5.69 Å². The van der Waals surface area contributed by atoms with Crippen molar-refractivity contribution in [3.8, 4) is 5.75 Å². The fourth-order valence-corrected chi connectivity index (χ4v) is 2.12. The predicted octanol–water partition coefficient (Wildman–Crippen LogP) is 3.48. The number of carbonyl (C=O) groups excluding carboxylic acids is 1. The lowest BCUT2D eigenvalue weighted by molar-refractivity contribution is -0.115. The Morgan fingerprint density at radius 1 is 1.16 bits per heavy atom. The van der Waals surface area contributed by atoms with Crippen LogP contribution in [0.15, 0.2) is 48.5 Å². The largest absolute Gasteiger partial charge is 0.496 e. The second-order valence-corrected chi connectivity index (χ2v) is 5.29. The van der Waals surface area contributed by atoms with Crippen LogP contribution in [-0.2, 0) is 11.2 Å². The van der Waals surface area contributed by atoms with Crippen molar-refractivity contribution in [3.05, 3.63) is 57.7 Å². The minimum Gasteiger partial charge on any atom is -0.496 e. The molecule has 98 valence electrons. The smallest absolute Gasteiger partial charge is 0.228 e. The Hall–Kier alpha value is -1.56. The zero-order valence-corrected chi connectivity index (χ0v) is 12.7. The molecule has 0 aliphatic carbocycles. The van der Waals surface area contributed by atoms with Crippen molar-refractivity contribution >= 4 is 34.2 Å². The van der Waals surface area contributed by atoms with Gasteiger partial charge in [-0.25, -0.2) is 0 Å². The van der Waals surface area contributed by atoms with Crippen molar-refractivity contribution in [1.82, 2.24) is 0 Å². The molecular weight excluding hydrogens is 353 g/mol. The van der Waals surface area contributed by atoms with Crippen LogP contribution in [0.5, 0.6) is 5.75 Å². The molecule has 0 bridgehead atoms. The first-order chi connectivity index (χ1) is 9.19. The quantitative estimate of drug-likeness (QED) is 0.841. The number of amides is 1. The fraction of sp³-hybridized carbons (Fsp3) is 0.133. The van der Waals surface area contributed by atoms with Gasteiger partial charge in [-0.1, -0.05) is 18.2 Å². The minimum atomic E-state index is -0.0503. The van der Waals surface area contributed by atoms with Gasteiger partial charge in [-0.2, -0.15) is 0 Å². The molecule has 0 saturated carbocycles. The van der Waals surface area contributed by atoms with Gasteiger partial charge in [0.2, 0.25) is 5.91 Å². The number of halogens is 1. The third kappa shape index (κ3) is 3.96. The number of rotatable bonds is 4. The average molecular weight is 367 g/mol. The SMILES string of the molecule is COc1ccccc1CC(=O)Nc1ccc(I)cc1. The van der Waals surface area contributed by atoms with E-state index in [0.717, 1.165) is 20.6 Å². The number of anilines is 1. The summed E-state index contributed by atoms with van der Waals surface area (Å²) in [4.78, 5) is 12.0. The van der Waals surface area contributed by atoms with Gasteiger partial charge in [-0.3, -0.25) is 4.79 Å². The van der Waals surface area contributed by atoms with Gasteiger partial charge in [0.15, 0.2) is 0 Å². The first-order valence-electron chi connectivity index (χ1n) is 5.86. The molecule has 4 heteroatoms. The van der Waals surface area contributed by atoms with Gasteiger partial charge in [-0.15, -0.1) is 0 Å². The predicted molar refractivity (Wildman–Crippen MR) is 84.5 cm³/mol. The summed E-state index contributed by atoms with van der Waals surface area (Å²) < 4.78 is 6.37. The number of hydrogen-bond donors (Lipinski definition) is 1. The van der Waals surface area contributed by atoms with E-state index < -0.39 is 0 Å². The van der Waals surface area contributed by atoms with Crippen LogP contribution in [0.2, 0.25) is 0 Å². The summed E-state index contributed by atoms with van der Waals surface area (Å²) in [6.45, 7) is 0. The fourth-order valence-electron chi connectivity index (χ4n) is 1.76. The lowest BCUT2D eigenvalue weighted by Gasteiger charge is -2.09. The Bertz CT molecular complexity index is 567. The van der Waals surface area contributed by atoms with Crippen molar-refractivity contribution in [2.24, 2.45) is 0 Å². The van der Waals surface area contributed by atoms with E-state index in [9.17, 15) is 4.79 Å². The van der Waals surface area contributed by atoms with E-state index in [4.69, 9.17) is 4.74 Å². The molecule has 0 heterocycles. The molecule has 0 fully saturated rings. The zero-order valence-electron chi connectivity index (χ0n) is 10.5. The van der Waals surface area contributed by atoms with E-state index in [1.807, 2.05) is 48.5 Å². The summed E-state index contributed by atoms with van der Waals surface area (Å²) in [6, 6.07) is 15.2. The summed E-state index contributed by atoms with van der Waals surface area (Å²) in [5.74, 6) is 0.686. The first-order valence-corrected chi connectivity index (χ1v) is 6.94. The maximum absolute atomic E-state index is 12.0. The van der Waals surface area contributed by atoms with Crippen LogP contribution in [0.3, 0.4) is 0 Å². The van der Waals surface area contributed by atoms with Gasteiger partial charge in [0.1, 0.15) is 5.75 Å². The number of benzene rings is 2. The van der Waals surface area contributed by atoms with E-state index in [-0.39, 0.29) is 5.91 Å². The Kier molecular flexibility index (Phi) is 4.79. The molecule has 2 rings (SSSR count). The van der Waals surface area contributed by atoms with Gasteiger partial charge < -0.3 is 10.1 Å². The molecule has 0 radical (unpaired) electrons. The van der Waals surface area contributed by atoms with Crippen molar-refractivity contribution in [2.75, 3.05) is 12.4 Å². The standard InChI is InChI=1S/C15H14INO2/c1-19-14-5-3-2-4-11(14)10-15(18)17-13-8-6-12(16)7-9-13/h2-9H,10H2,1H3,(H,17,18). The molecule has 0 aliphatic rings. The van der Waals surface area contributed by atoms with Crippen molar-refractivity contribution in [1.29, 1.82) is 0 Å². The first kappa shape index (κ1) is 13.9. The van der Waals surface area contributed by atoms with Gasteiger partial charge in [-0.05, 0) is 52.9 Å². The Labute approximate surface area is 126 Å². The van der Waals surface area contributed by atoms with Crippen LogP contribution in [0, 0.1) is 3.57 Å². The molecule has 19 heavy (non-hydrogen) atoms. The highest BCUT2D eigenvalue weighted by Crippen LogP contribution is 2.18. The highest BCUT2D eigenvalue weighted by molar-refractivity contribution is 14.1. The van der Waals surface area contributed by atoms with Crippen LogP contribution in [0.1, 0.15) is 5.56 Å². The van der Waals surface area contributed by atoms with Gasteiger partial charge >= 0.3 is 0 Å². The number of nitrogens with one attached hydrogen (secondary N) is 1. The summed E-state index contributed by atoms with van der Waals surface area (Å²) in [5, 5.41) is 2.87. The second-order valence-electron chi connectivity index (χ2n) is 4.04. The lowest BCUT2D eigenvalue weighted by atomic mass is 10.1. The number of hydrogen-bond acceptors (Lipinski definition) is 2. The molecular formula is C15H14INO2. The lowest BCUT2D eigenvalue weighted by Crippen LogP contribution is -2.14. The van der Waals surface area contributed by atoms with Gasteiger partial charge in [0.05, 0.1) is 13.5 Å². The number of carbonyl (C=O) groups is 1. The molecule has 1 amide bonds. The Balaban J connectivity index is 2.03. The van der Waals surface area contributed by atoms with E-state index in [1.165, 1.54) is 0 Å². The molecule has 2 aromatic carbocycles. The highest BCUT2D eigenvalue weighted by atomic mass is 127. The molecule has 0 atom stereocenters. The number of methoxy groups -OCH3 is 1. The highest BCUT2D eigenvalue weighted by Gasteiger charge is 2.08. The van der Waals surface area contributed by atoms with E-state index >= 15 is 0 Å². The van der Waals surface area contributed by atoms with Crippen molar-refractivity contribution in [2.45, 2.75) is 6.42 Å². The second kappa shape index (κ2) is 6.56. The van der Waals surface area contributed by atoms with Crippen LogP contribution < -0.4 is 10.1 Å². The summed E-state index contributed by atoms with van der Waals surface area (Å²) >= 11 is 2.23. The van der Waals surface area contributed by atoms with E-state index in [0.29, 0.717) is 6.42 Å². The number of para-hydroxylation sites is 1. The molecule has 0 aromatic heterocycles. The molecule has 0 saturated heterocycles. The van der Waals surface area contributed by atoms with E-state index in [1.54, 1.807) is 7.11 Å². The van der Waals surface area contributed by atoms with Gasteiger partial charge in [0.25, 0.3) is 0 Å². The van der Waals surface area contributed by atoms with Crippen LogP contribution >= 0.6 is 22.6 Å². The maximum atomic E-state index is 12.0. The summed E-state index contributed by atoms with van der Waals surface area (Å²) in [7, 11) is 1.61. The summed E-state index contributed by atoms with van der Waals surface area (Å²) in [6.07, 6.45) is 0.302. The molecule has 0 spiro atoms. The summed E-state index contributed by atoms with van der Waals surface area (Å²) in [5.41, 5.74) is 1.69. The average Bonchev–Trinajstić information content (AvgIpc) is 2.42. The Morgan fingerprint density at radius 2 is 1.84 bits per heavy atom. The van der Waals surface area contributed by atoms with Gasteiger partial charge in [0, 0.05) is 14.8 Å². The van der Waals surface area contributed by atoms with Crippen LogP contribution in [0.25, 0.3) is 0 Å². The van der Waals surface area contributed by atoms with Crippen molar-refractivity contribution in [3.63, 3.8) is 0 Å². The molecule has 0 aliphatic heterocycles. The van der Waals surface area contributed by atoms with Crippen molar-refractivity contribution < 1.29 is 9.53 Å². The topological polar surface area (TPSA) is 38.3 Å². The minimum absolute atomic E-state index is 0.0503. The zero-order chi connectivity index (χ0) is 13.7. The monoisotopic (exact) mass is 367 g/mol. The molecule has 0 unspecified atom stereocenters. The molecule has 1 N–H and O–H groups in total. The Morgan fingerprint density at radius 3 is 2.53 bits per heavy atom. The third-order valence-corrected chi connectivity index (χ3v) is 3.39. The molecule has 3 nitrogen and oxygen atoms in total. The maximum Gasteiger partial charge on any atom is 0.228 e.